The van der Waals surface area contributed by atoms with Crippen molar-refractivity contribution in [3.8, 4) is 5.75 Å². The number of imidazole rings is 1. The van der Waals surface area contributed by atoms with E-state index in [0.29, 0.717) is 5.92 Å². The molecule has 0 amide bonds. The molecule has 2 N–H and O–H groups in total. The zero-order valence-electron chi connectivity index (χ0n) is 20.7. The monoisotopic (exact) mass is 554 g/mol. The third kappa shape index (κ3) is 4.23. The van der Waals surface area contributed by atoms with Crippen LogP contribution in [0.4, 0.5) is 5.69 Å². The van der Waals surface area contributed by atoms with Crippen LogP contribution in [0.1, 0.15) is 78.5 Å². The molecule has 7 nitrogen and oxygen atoms in total. The zero-order valence-corrected chi connectivity index (χ0v) is 22.3. The highest BCUT2D eigenvalue weighted by molar-refractivity contribution is 9.10. The summed E-state index contributed by atoms with van der Waals surface area (Å²) in [5.74, 6) is 2.28. The summed E-state index contributed by atoms with van der Waals surface area (Å²) in [5.41, 5.74) is 6.84. The number of benzene rings is 1. The van der Waals surface area contributed by atoms with E-state index in [9.17, 15) is 5.11 Å². The highest BCUT2D eigenvalue weighted by atomic mass is 79.9. The number of aromatic nitrogens is 5. The highest BCUT2D eigenvalue weighted by Crippen LogP contribution is 2.53. The van der Waals surface area contributed by atoms with E-state index in [-0.39, 0.29) is 23.6 Å². The van der Waals surface area contributed by atoms with Crippen LogP contribution in [0.3, 0.4) is 0 Å². The predicted octanol–water partition coefficient (Wildman–Crippen LogP) is 6.77. The van der Waals surface area contributed by atoms with Crippen LogP contribution in [0, 0.1) is 6.92 Å². The van der Waals surface area contributed by atoms with Crippen molar-refractivity contribution in [2.45, 2.75) is 56.9 Å². The van der Waals surface area contributed by atoms with E-state index < -0.39 is 0 Å². The fraction of sp³-hybridized carbons (Fsp3) is 0.310. The summed E-state index contributed by atoms with van der Waals surface area (Å²) >= 11 is 3.71. The molecule has 2 aliphatic rings. The third-order valence-corrected chi connectivity index (χ3v) is 8.13. The van der Waals surface area contributed by atoms with Gasteiger partial charge in [-0.15, -0.1) is 0 Å². The number of hydrogen-bond donors (Lipinski definition) is 2. The fourth-order valence-corrected chi connectivity index (χ4v) is 5.79. The molecule has 4 aromatic heterocycles. The van der Waals surface area contributed by atoms with Crippen molar-refractivity contribution in [2.75, 3.05) is 5.32 Å². The van der Waals surface area contributed by atoms with Crippen molar-refractivity contribution in [2.24, 2.45) is 0 Å². The Bertz CT molecular complexity index is 1680. The molecular formula is C29H27BrN6O. The van der Waals surface area contributed by atoms with Gasteiger partial charge < -0.3 is 14.8 Å². The van der Waals surface area contributed by atoms with Gasteiger partial charge in [-0.2, -0.15) is 0 Å². The first kappa shape index (κ1) is 22.7. The van der Waals surface area contributed by atoms with Crippen LogP contribution in [0.15, 0.2) is 59.5 Å². The molecule has 7 rings (SSSR count). The van der Waals surface area contributed by atoms with Gasteiger partial charge in [-0.05, 0) is 90.9 Å². The summed E-state index contributed by atoms with van der Waals surface area (Å²) in [7, 11) is 0. The van der Waals surface area contributed by atoms with E-state index in [1.807, 2.05) is 37.4 Å². The molecule has 0 aliphatic heterocycles. The maximum Gasteiger partial charge on any atom is 0.151 e. The quantitative estimate of drug-likeness (QED) is 0.241. The van der Waals surface area contributed by atoms with E-state index in [1.54, 1.807) is 6.07 Å². The lowest BCUT2D eigenvalue weighted by atomic mass is 10.1. The largest absolute Gasteiger partial charge is 0.507 e. The molecule has 0 bridgehead atoms. The molecule has 1 unspecified atom stereocenters. The summed E-state index contributed by atoms with van der Waals surface area (Å²) in [5, 5.41) is 15.1. The maximum absolute atomic E-state index is 10.7. The van der Waals surface area contributed by atoms with Gasteiger partial charge in [0.1, 0.15) is 11.6 Å². The van der Waals surface area contributed by atoms with Crippen LogP contribution in [0.5, 0.6) is 5.75 Å². The minimum absolute atomic E-state index is 0.00307. The molecule has 0 radical (unpaired) electrons. The van der Waals surface area contributed by atoms with Gasteiger partial charge >= 0.3 is 0 Å². The Morgan fingerprint density at radius 2 is 1.92 bits per heavy atom. The number of aryl methyl sites for hydroxylation is 1. The Morgan fingerprint density at radius 1 is 1.05 bits per heavy atom. The van der Waals surface area contributed by atoms with Crippen molar-refractivity contribution in [1.82, 2.24) is 24.3 Å². The normalized spacial score (nSPS) is 19.9. The predicted molar refractivity (Wildman–Crippen MR) is 147 cm³/mol. The SMILES string of the molecule is Cc1ccnc([C@H]2C[C@@H]2c2cc(O)c3ccc(NC(C)c4cn5cc(C6CC6)cc(Br)c5n4)cc3n2)n1. The lowest BCUT2D eigenvalue weighted by Gasteiger charge is -2.14. The Kier molecular flexibility index (Phi) is 5.22. The summed E-state index contributed by atoms with van der Waals surface area (Å²) in [6, 6.07) is 11.8. The van der Waals surface area contributed by atoms with Gasteiger partial charge in [0, 0.05) is 59.0 Å². The number of aromatic hydroxyl groups is 1. The summed E-state index contributed by atoms with van der Waals surface area (Å²) in [6.07, 6.45) is 9.61. The van der Waals surface area contributed by atoms with Gasteiger partial charge in [0.15, 0.2) is 5.65 Å². The topological polar surface area (TPSA) is 88.2 Å². The Balaban J connectivity index is 1.14. The van der Waals surface area contributed by atoms with Gasteiger partial charge in [-0.25, -0.2) is 15.0 Å². The number of nitrogens with one attached hydrogen (secondary N) is 1. The van der Waals surface area contributed by atoms with Gasteiger partial charge in [0.2, 0.25) is 0 Å². The van der Waals surface area contributed by atoms with Crippen molar-refractivity contribution >= 4 is 38.2 Å². The molecule has 186 valence electrons. The van der Waals surface area contributed by atoms with Gasteiger partial charge in [0.05, 0.1) is 21.7 Å². The second kappa shape index (κ2) is 8.52. The smallest absolute Gasteiger partial charge is 0.151 e. The second-order valence-corrected chi connectivity index (χ2v) is 11.3. The number of fused-ring (bicyclic) bond motifs is 2. The first-order chi connectivity index (χ1) is 17.9. The fourth-order valence-electron chi connectivity index (χ4n) is 5.23. The van der Waals surface area contributed by atoms with Gasteiger partial charge in [-0.3, -0.25) is 4.98 Å². The minimum Gasteiger partial charge on any atom is -0.507 e. The number of nitrogens with zero attached hydrogens (tertiary/aromatic N) is 5. The highest BCUT2D eigenvalue weighted by Gasteiger charge is 2.43. The van der Waals surface area contributed by atoms with Crippen molar-refractivity contribution in [3.05, 3.63) is 87.9 Å². The first-order valence-electron chi connectivity index (χ1n) is 12.8. The number of hydrogen-bond acceptors (Lipinski definition) is 6. The number of halogens is 1. The average Bonchev–Trinajstić information content (AvgIpc) is 3.80. The second-order valence-electron chi connectivity index (χ2n) is 10.5. The molecule has 8 heteroatoms. The van der Waals surface area contributed by atoms with Crippen LogP contribution in [-0.4, -0.2) is 29.4 Å². The Hall–Kier alpha value is -3.52. The van der Waals surface area contributed by atoms with Crippen LogP contribution in [-0.2, 0) is 0 Å². The van der Waals surface area contributed by atoms with E-state index in [4.69, 9.17) is 9.97 Å². The molecule has 5 aromatic rings. The van der Waals surface area contributed by atoms with E-state index in [0.717, 1.165) is 56.0 Å². The Morgan fingerprint density at radius 3 is 2.73 bits per heavy atom. The van der Waals surface area contributed by atoms with Crippen LogP contribution in [0.25, 0.3) is 16.6 Å². The number of rotatable bonds is 6. The van der Waals surface area contributed by atoms with Gasteiger partial charge in [0.25, 0.3) is 0 Å². The van der Waals surface area contributed by atoms with Crippen LogP contribution in [0.2, 0.25) is 0 Å². The molecule has 2 saturated carbocycles. The summed E-state index contributed by atoms with van der Waals surface area (Å²) in [4.78, 5) is 18.9. The molecule has 37 heavy (non-hydrogen) atoms. The van der Waals surface area contributed by atoms with E-state index >= 15 is 0 Å². The number of pyridine rings is 2. The van der Waals surface area contributed by atoms with Crippen molar-refractivity contribution in [1.29, 1.82) is 0 Å². The van der Waals surface area contributed by atoms with Crippen molar-refractivity contribution in [3.63, 3.8) is 0 Å². The molecule has 0 saturated heterocycles. The molecule has 3 atom stereocenters. The summed E-state index contributed by atoms with van der Waals surface area (Å²) in [6.45, 7) is 4.09. The van der Waals surface area contributed by atoms with E-state index in [2.05, 4.69) is 61.0 Å². The first-order valence-corrected chi connectivity index (χ1v) is 13.6. The molecule has 2 fully saturated rings. The Labute approximate surface area is 223 Å². The molecule has 2 aliphatic carbocycles. The average molecular weight is 555 g/mol. The summed E-state index contributed by atoms with van der Waals surface area (Å²) < 4.78 is 3.16. The maximum atomic E-state index is 10.7. The molecule has 1 aromatic carbocycles. The zero-order chi connectivity index (χ0) is 25.3. The van der Waals surface area contributed by atoms with Gasteiger partial charge in [-0.1, -0.05) is 0 Å². The minimum atomic E-state index is -0.00307. The van der Waals surface area contributed by atoms with Crippen LogP contribution < -0.4 is 5.32 Å². The van der Waals surface area contributed by atoms with Crippen molar-refractivity contribution < 1.29 is 5.11 Å². The third-order valence-electron chi connectivity index (χ3n) is 7.54. The molecular weight excluding hydrogens is 528 g/mol. The van der Waals surface area contributed by atoms with Crippen LogP contribution >= 0.6 is 15.9 Å². The lowest BCUT2D eigenvalue weighted by molar-refractivity contribution is 0.480. The standard InChI is InChI=1S/C29H27BrN6O/c1-15-7-8-31-28(32-15)22-11-21(22)25-12-27(37)20-6-5-19(10-24(20)34-25)33-16(2)26-14-36-13-18(17-3-4-17)9-23(30)29(36)35-26/h5-10,12-14,16-17,21-22,33H,3-4,11H2,1-2H3,(H,34,37)/t16?,21-,22-/m0/s1. The molecule has 0 spiro atoms. The van der Waals surface area contributed by atoms with E-state index in [1.165, 1.54) is 18.4 Å². The lowest BCUT2D eigenvalue weighted by Crippen LogP contribution is -2.07. The number of anilines is 1. The molecule has 4 heterocycles.